The number of anilines is 1. The van der Waals surface area contributed by atoms with Gasteiger partial charge in [-0.1, -0.05) is 45.8 Å². The third kappa shape index (κ3) is 4.02. The number of benzene rings is 2. The van der Waals surface area contributed by atoms with Crippen molar-refractivity contribution in [2.24, 2.45) is 0 Å². The summed E-state index contributed by atoms with van der Waals surface area (Å²) in [4.78, 5) is 31.8. The van der Waals surface area contributed by atoms with Gasteiger partial charge < -0.3 is 5.32 Å². The number of hydrogen-bond donors (Lipinski definition) is 1. The van der Waals surface area contributed by atoms with E-state index in [1.807, 2.05) is 62.4 Å². The van der Waals surface area contributed by atoms with Crippen molar-refractivity contribution in [3.8, 4) is 11.1 Å². The molecule has 0 saturated carbocycles. The molecule has 1 amide bonds. The monoisotopic (exact) mass is 467 g/mol. The zero-order chi connectivity index (χ0) is 20.5. The zero-order valence-corrected chi connectivity index (χ0v) is 18.3. The Morgan fingerprint density at radius 2 is 1.79 bits per heavy atom. The van der Waals surface area contributed by atoms with Crippen molar-refractivity contribution in [1.82, 2.24) is 9.55 Å². The maximum absolute atomic E-state index is 13.2. The molecule has 0 spiro atoms. The maximum atomic E-state index is 13.2. The summed E-state index contributed by atoms with van der Waals surface area (Å²) in [6.45, 7) is 3.87. The summed E-state index contributed by atoms with van der Waals surface area (Å²) in [7, 11) is 0. The van der Waals surface area contributed by atoms with Gasteiger partial charge in [-0.2, -0.15) is 0 Å². The van der Waals surface area contributed by atoms with E-state index in [0.29, 0.717) is 15.9 Å². The summed E-state index contributed by atoms with van der Waals surface area (Å²) in [5.74, 6) is -0.269. The Labute approximate surface area is 180 Å². The van der Waals surface area contributed by atoms with Gasteiger partial charge in [-0.15, -0.1) is 11.3 Å². The van der Waals surface area contributed by atoms with Crippen LogP contribution in [0.3, 0.4) is 0 Å². The highest BCUT2D eigenvalue weighted by atomic mass is 79.9. The molecule has 1 N–H and O–H groups in total. The topological polar surface area (TPSA) is 64.0 Å². The van der Waals surface area contributed by atoms with Crippen molar-refractivity contribution in [3.63, 3.8) is 0 Å². The Morgan fingerprint density at radius 1 is 1.10 bits per heavy atom. The van der Waals surface area contributed by atoms with Crippen molar-refractivity contribution < 1.29 is 4.79 Å². The van der Waals surface area contributed by atoms with E-state index in [2.05, 4.69) is 26.2 Å². The van der Waals surface area contributed by atoms with Gasteiger partial charge in [0.1, 0.15) is 11.4 Å². The molecule has 0 radical (unpaired) electrons. The minimum atomic E-state index is -0.269. The van der Waals surface area contributed by atoms with Crippen LogP contribution in [0.5, 0.6) is 0 Å². The summed E-state index contributed by atoms with van der Waals surface area (Å²) in [5.41, 5.74) is 3.43. The highest BCUT2D eigenvalue weighted by Gasteiger charge is 2.17. The number of nitrogens with zero attached hydrogens (tertiary/aromatic N) is 2. The van der Waals surface area contributed by atoms with Crippen molar-refractivity contribution in [2.45, 2.75) is 20.4 Å². The fraction of sp³-hybridized carbons (Fsp3) is 0.136. The van der Waals surface area contributed by atoms with E-state index in [-0.39, 0.29) is 18.0 Å². The number of rotatable bonds is 4. The fourth-order valence-electron chi connectivity index (χ4n) is 3.21. The van der Waals surface area contributed by atoms with Gasteiger partial charge in [-0.3, -0.25) is 14.2 Å². The molecule has 2 aromatic carbocycles. The highest BCUT2D eigenvalue weighted by molar-refractivity contribution is 9.10. The van der Waals surface area contributed by atoms with Gasteiger partial charge in [0, 0.05) is 20.6 Å². The fourth-order valence-corrected chi connectivity index (χ4v) is 4.47. The largest absolute Gasteiger partial charge is 0.325 e. The molecule has 5 nitrogen and oxygen atoms in total. The first-order valence-corrected chi connectivity index (χ1v) is 10.6. The van der Waals surface area contributed by atoms with Crippen LogP contribution in [0.1, 0.15) is 10.4 Å². The molecule has 4 rings (SSSR count). The van der Waals surface area contributed by atoms with E-state index in [1.165, 1.54) is 22.2 Å². The van der Waals surface area contributed by atoms with Crippen molar-refractivity contribution in [1.29, 1.82) is 0 Å². The molecule has 146 valence electrons. The van der Waals surface area contributed by atoms with Gasteiger partial charge in [0.05, 0.1) is 11.7 Å². The molecule has 7 heteroatoms. The normalized spacial score (nSPS) is 11.0. The van der Waals surface area contributed by atoms with E-state index in [9.17, 15) is 9.59 Å². The molecule has 0 aliphatic rings. The quantitative estimate of drug-likeness (QED) is 0.451. The Kier molecular flexibility index (Phi) is 5.34. The van der Waals surface area contributed by atoms with Crippen molar-refractivity contribution in [3.05, 3.63) is 80.1 Å². The lowest BCUT2D eigenvalue weighted by molar-refractivity contribution is -0.116. The molecule has 2 aromatic heterocycles. The molecule has 0 aliphatic heterocycles. The molecule has 0 aliphatic carbocycles. The zero-order valence-electron chi connectivity index (χ0n) is 15.9. The van der Waals surface area contributed by atoms with Crippen LogP contribution in [0.15, 0.2) is 64.1 Å². The second-order valence-corrected chi connectivity index (χ2v) is 8.93. The van der Waals surface area contributed by atoms with Crippen LogP contribution < -0.4 is 10.9 Å². The molecular weight excluding hydrogens is 450 g/mol. The van der Waals surface area contributed by atoms with Gasteiger partial charge >= 0.3 is 0 Å². The van der Waals surface area contributed by atoms with Crippen LogP contribution in [-0.2, 0) is 11.3 Å². The number of fused-ring (bicyclic) bond motifs is 1. The Hall–Kier alpha value is -2.77. The van der Waals surface area contributed by atoms with Gasteiger partial charge in [0.15, 0.2) is 0 Å². The third-order valence-corrected chi connectivity index (χ3v) is 6.18. The lowest BCUT2D eigenvalue weighted by atomic mass is 10.0. The first-order chi connectivity index (χ1) is 13.9. The predicted octanol–water partition coefficient (Wildman–Crippen LogP) is 5.14. The lowest BCUT2D eigenvalue weighted by Crippen LogP contribution is -2.27. The number of hydrogen-bond acceptors (Lipinski definition) is 4. The number of nitrogens with one attached hydrogen (secondary N) is 1. The first-order valence-electron chi connectivity index (χ1n) is 9.03. The number of aromatic nitrogens is 2. The van der Waals surface area contributed by atoms with E-state index in [4.69, 9.17) is 0 Å². The van der Waals surface area contributed by atoms with Crippen molar-refractivity contribution >= 4 is 49.1 Å². The van der Waals surface area contributed by atoms with Gasteiger partial charge in [-0.05, 0) is 43.7 Å². The molecule has 0 bridgehead atoms. The SMILES string of the molecule is Cc1ccc(NC(=O)Cn2cnc3sc(C)c(-c4ccc(Br)cc4)c3c2=O)cc1. The first kappa shape index (κ1) is 19.5. The summed E-state index contributed by atoms with van der Waals surface area (Å²) in [6.07, 6.45) is 1.45. The average Bonchev–Trinajstić information content (AvgIpc) is 3.03. The summed E-state index contributed by atoms with van der Waals surface area (Å²) in [5, 5.41) is 3.38. The van der Waals surface area contributed by atoms with Crippen LogP contribution in [0.4, 0.5) is 5.69 Å². The van der Waals surface area contributed by atoms with Gasteiger partial charge in [0.25, 0.3) is 5.56 Å². The minimum absolute atomic E-state index is 0.0929. The van der Waals surface area contributed by atoms with Crippen LogP contribution in [0, 0.1) is 13.8 Å². The molecule has 29 heavy (non-hydrogen) atoms. The molecule has 0 fully saturated rings. The molecule has 0 atom stereocenters. The molecule has 0 unspecified atom stereocenters. The highest BCUT2D eigenvalue weighted by Crippen LogP contribution is 2.35. The average molecular weight is 468 g/mol. The molecule has 4 aromatic rings. The van der Waals surface area contributed by atoms with Gasteiger partial charge in [0.2, 0.25) is 5.91 Å². The molecule has 0 saturated heterocycles. The summed E-state index contributed by atoms with van der Waals surface area (Å²) in [6, 6.07) is 15.4. The second kappa shape index (κ2) is 7.93. The Balaban J connectivity index is 1.69. The maximum Gasteiger partial charge on any atom is 0.263 e. The Bertz CT molecular complexity index is 1260. The van der Waals surface area contributed by atoms with Crippen molar-refractivity contribution in [2.75, 3.05) is 5.32 Å². The van der Waals surface area contributed by atoms with Crippen LogP contribution in [0.25, 0.3) is 21.3 Å². The van der Waals surface area contributed by atoms with E-state index in [1.54, 1.807) is 0 Å². The third-order valence-electron chi connectivity index (χ3n) is 4.64. The lowest BCUT2D eigenvalue weighted by Gasteiger charge is -2.08. The van der Waals surface area contributed by atoms with Crippen LogP contribution in [-0.4, -0.2) is 15.5 Å². The predicted molar refractivity (Wildman–Crippen MR) is 122 cm³/mol. The van der Waals surface area contributed by atoms with Gasteiger partial charge in [-0.25, -0.2) is 4.98 Å². The molecular formula is C22H18BrN3O2S. The van der Waals surface area contributed by atoms with E-state index >= 15 is 0 Å². The van der Waals surface area contributed by atoms with Crippen LogP contribution in [0.2, 0.25) is 0 Å². The number of thiophene rings is 1. The van der Waals surface area contributed by atoms with E-state index in [0.717, 1.165) is 26.0 Å². The number of aryl methyl sites for hydroxylation is 2. The number of halogens is 1. The number of amides is 1. The standard InChI is InChI=1S/C22H18BrN3O2S/c1-13-3-9-17(10-4-13)25-18(27)11-26-12-24-21-20(22(26)28)19(14(2)29-21)15-5-7-16(23)8-6-15/h3-10,12H,11H2,1-2H3,(H,25,27). The number of carbonyl (C=O) groups is 1. The summed E-state index contributed by atoms with van der Waals surface area (Å²) < 4.78 is 2.34. The van der Waals surface area contributed by atoms with E-state index < -0.39 is 0 Å². The minimum Gasteiger partial charge on any atom is -0.325 e. The second-order valence-electron chi connectivity index (χ2n) is 6.81. The van der Waals surface area contributed by atoms with Crippen LogP contribution >= 0.6 is 27.3 Å². The Morgan fingerprint density at radius 3 is 2.48 bits per heavy atom. The number of carbonyl (C=O) groups excluding carboxylic acids is 1. The smallest absolute Gasteiger partial charge is 0.263 e. The molecule has 2 heterocycles. The summed E-state index contributed by atoms with van der Waals surface area (Å²) >= 11 is 4.93.